The van der Waals surface area contributed by atoms with Gasteiger partial charge in [0.25, 0.3) is 0 Å². The Labute approximate surface area is 164 Å². The van der Waals surface area contributed by atoms with Crippen LogP contribution in [0.15, 0.2) is 42.5 Å². The van der Waals surface area contributed by atoms with Gasteiger partial charge in [-0.2, -0.15) is 0 Å². The van der Waals surface area contributed by atoms with Gasteiger partial charge in [-0.25, -0.2) is 0 Å². The normalized spacial score (nSPS) is 34.0. The van der Waals surface area contributed by atoms with E-state index >= 15 is 0 Å². The number of hydrogen-bond acceptors (Lipinski definition) is 5. The molecule has 0 aromatic heterocycles. The highest BCUT2D eigenvalue weighted by Gasteiger charge is 2.69. The lowest BCUT2D eigenvalue weighted by Crippen LogP contribution is -2.60. The maximum Gasteiger partial charge on any atom is 0.314 e. The molecule has 2 fully saturated rings. The minimum absolute atomic E-state index is 0.0770. The van der Waals surface area contributed by atoms with Gasteiger partial charge in [-0.1, -0.05) is 30.3 Å². The van der Waals surface area contributed by atoms with E-state index in [1.165, 1.54) is 23.8 Å². The Bertz CT molecular complexity index is 988. The molecule has 1 saturated heterocycles. The van der Waals surface area contributed by atoms with Crippen LogP contribution in [0.5, 0.6) is 11.5 Å². The summed E-state index contributed by atoms with van der Waals surface area (Å²) in [5.41, 5.74) is 3.13. The van der Waals surface area contributed by atoms with Crippen molar-refractivity contribution in [1.82, 2.24) is 5.32 Å². The Hall–Kier alpha value is -2.53. The van der Waals surface area contributed by atoms with Crippen LogP contribution in [-0.2, 0) is 14.9 Å². The Balaban J connectivity index is 1.64. The zero-order valence-electron chi connectivity index (χ0n) is 15.9. The van der Waals surface area contributed by atoms with Crippen LogP contribution in [0.3, 0.4) is 0 Å². The Morgan fingerprint density at radius 3 is 2.93 bits per heavy atom. The number of ether oxygens (including phenoxy) is 3. The fourth-order valence-corrected chi connectivity index (χ4v) is 6.70. The van der Waals surface area contributed by atoms with E-state index in [0.29, 0.717) is 6.54 Å². The van der Waals surface area contributed by atoms with Crippen LogP contribution in [0, 0.1) is 11.3 Å². The fourth-order valence-electron chi connectivity index (χ4n) is 6.70. The molecule has 3 aliphatic carbocycles. The second-order valence-electron chi connectivity index (χ2n) is 8.43. The predicted molar refractivity (Wildman–Crippen MR) is 103 cm³/mol. The first-order valence-electron chi connectivity index (χ1n) is 10.0. The van der Waals surface area contributed by atoms with E-state index in [1.54, 1.807) is 0 Å². The average molecular weight is 377 g/mol. The zero-order valence-corrected chi connectivity index (χ0v) is 15.9. The predicted octanol–water partition coefficient (Wildman–Crippen LogP) is 2.97. The second-order valence-corrected chi connectivity index (χ2v) is 8.43. The molecule has 0 amide bonds. The first kappa shape index (κ1) is 16.4. The Kier molecular flexibility index (Phi) is 3.23. The van der Waals surface area contributed by atoms with E-state index in [9.17, 15) is 4.79 Å². The quantitative estimate of drug-likeness (QED) is 0.816. The monoisotopic (exact) mass is 377 g/mol. The molecule has 1 N–H and O–H groups in total. The van der Waals surface area contributed by atoms with Gasteiger partial charge in [0.2, 0.25) is 6.79 Å². The van der Waals surface area contributed by atoms with Crippen LogP contribution in [0.1, 0.15) is 35.4 Å². The summed E-state index contributed by atoms with van der Waals surface area (Å²) in [5.74, 6) is 1.87. The summed E-state index contributed by atoms with van der Waals surface area (Å²) >= 11 is 0. The van der Waals surface area contributed by atoms with E-state index in [2.05, 4.69) is 41.7 Å². The summed E-state index contributed by atoms with van der Waals surface area (Å²) in [4.78, 5) is 13.2. The minimum Gasteiger partial charge on any atom is -0.469 e. The number of methoxy groups -OCH3 is 1. The van der Waals surface area contributed by atoms with Gasteiger partial charge in [0.15, 0.2) is 11.5 Å². The molecule has 2 bridgehead atoms. The summed E-state index contributed by atoms with van der Waals surface area (Å²) in [5, 5.41) is 3.55. The van der Waals surface area contributed by atoms with Crippen molar-refractivity contribution < 1.29 is 19.0 Å². The Morgan fingerprint density at radius 2 is 2.04 bits per heavy atom. The number of rotatable bonds is 2. The molecule has 2 heterocycles. The van der Waals surface area contributed by atoms with Gasteiger partial charge in [-0.15, -0.1) is 0 Å². The van der Waals surface area contributed by atoms with Crippen molar-refractivity contribution >= 4 is 5.97 Å². The molecule has 0 radical (unpaired) electrons. The molecule has 4 unspecified atom stereocenters. The zero-order chi connectivity index (χ0) is 18.9. The third kappa shape index (κ3) is 1.74. The molecule has 28 heavy (non-hydrogen) atoms. The fraction of sp³-hybridized carbons (Fsp3) is 0.435. The summed E-state index contributed by atoms with van der Waals surface area (Å²) in [6, 6.07) is 15.0. The molecule has 1 saturated carbocycles. The van der Waals surface area contributed by atoms with Crippen LogP contribution in [-0.4, -0.2) is 33.0 Å². The SMILES string of the molecule is COC(=O)C12CNCC1C1(c3ccc4c(c3)OCO4)CCC2c2ccccc21. The molecule has 4 atom stereocenters. The van der Waals surface area contributed by atoms with Gasteiger partial charge in [0, 0.05) is 30.3 Å². The summed E-state index contributed by atoms with van der Waals surface area (Å²) in [6.07, 6.45) is 2.01. The van der Waals surface area contributed by atoms with E-state index in [0.717, 1.165) is 30.9 Å². The van der Waals surface area contributed by atoms with Crippen molar-refractivity contribution in [2.75, 3.05) is 27.0 Å². The largest absolute Gasteiger partial charge is 0.469 e. The molecule has 2 aliphatic heterocycles. The van der Waals surface area contributed by atoms with Crippen LogP contribution in [0.2, 0.25) is 0 Å². The first-order valence-corrected chi connectivity index (χ1v) is 10.0. The van der Waals surface area contributed by atoms with Gasteiger partial charge in [0.1, 0.15) is 0 Å². The summed E-state index contributed by atoms with van der Waals surface area (Å²) in [7, 11) is 1.52. The number of esters is 1. The van der Waals surface area contributed by atoms with E-state index < -0.39 is 5.41 Å². The maximum atomic E-state index is 13.2. The van der Waals surface area contributed by atoms with Crippen LogP contribution < -0.4 is 14.8 Å². The molecule has 7 rings (SSSR count). The smallest absolute Gasteiger partial charge is 0.314 e. The van der Waals surface area contributed by atoms with Gasteiger partial charge in [-0.3, -0.25) is 4.79 Å². The molecule has 2 aromatic rings. The highest BCUT2D eigenvalue weighted by atomic mass is 16.7. The molecular weight excluding hydrogens is 354 g/mol. The van der Waals surface area contributed by atoms with Crippen LogP contribution in [0.25, 0.3) is 0 Å². The van der Waals surface area contributed by atoms with Gasteiger partial charge in [-0.05, 0) is 41.7 Å². The lowest BCUT2D eigenvalue weighted by molar-refractivity contribution is -0.161. The topological polar surface area (TPSA) is 56.8 Å². The van der Waals surface area contributed by atoms with Crippen molar-refractivity contribution in [3.8, 4) is 11.5 Å². The summed E-state index contributed by atoms with van der Waals surface area (Å²) < 4.78 is 16.6. The van der Waals surface area contributed by atoms with Gasteiger partial charge < -0.3 is 19.5 Å². The lowest BCUT2D eigenvalue weighted by atomic mass is 9.42. The van der Waals surface area contributed by atoms with Crippen molar-refractivity contribution in [3.63, 3.8) is 0 Å². The third-order valence-corrected chi connectivity index (χ3v) is 7.70. The van der Waals surface area contributed by atoms with Crippen LogP contribution in [0.4, 0.5) is 0 Å². The van der Waals surface area contributed by atoms with Crippen molar-refractivity contribution in [2.45, 2.75) is 24.2 Å². The average Bonchev–Trinajstić information content (AvgIpc) is 3.41. The second kappa shape index (κ2) is 5.51. The Morgan fingerprint density at radius 1 is 1.18 bits per heavy atom. The van der Waals surface area contributed by atoms with Crippen molar-refractivity contribution in [1.29, 1.82) is 0 Å². The molecular formula is C23H23NO4. The number of fused-ring (bicyclic) bond motifs is 2. The highest BCUT2D eigenvalue weighted by Crippen LogP contribution is 2.68. The van der Waals surface area contributed by atoms with E-state index in [1.807, 2.05) is 6.07 Å². The minimum atomic E-state index is -0.516. The standard InChI is InChI=1S/C23H23NO4/c1-26-21(25)23-12-24-11-20(23)22(14-6-7-18-19(10-14)28-13-27-18)9-8-17(23)15-4-2-3-5-16(15)22/h2-7,10,17,20,24H,8-9,11-13H2,1H3. The maximum absolute atomic E-state index is 13.2. The van der Waals surface area contributed by atoms with E-state index in [4.69, 9.17) is 14.2 Å². The molecule has 2 aromatic carbocycles. The van der Waals surface area contributed by atoms with Crippen molar-refractivity contribution in [2.24, 2.45) is 11.3 Å². The molecule has 5 heteroatoms. The molecule has 144 valence electrons. The van der Waals surface area contributed by atoms with Gasteiger partial charge in [0.05, 0.1) is 12.5 Å². The number of hydrogen-bond donors (Lipinski definition) is 1. The lowest BCUT2D eigenvalue weighted by Gasteiger charge is -2.59. The number of carbonyl (C=O) groups excluding carboxylic acids is 1. The summed E-state index contributed by atoms with van der Waals surface area (Å²) in [6.45, 7) is 1.76. The molecule has 0 spiro atoms. The highest BCUT2D eigenvalue weighted by molar-refractivity contribution is 5.82. The number of carbonyl (C=O) groups is 1. The number of nitrogens with one attached hydrogen (secondary N) is 1. The molecule has 5 nitrogen and oxygen atoms in total. The third-order valence-electron chi connectivity index (χ3n) is 7.70. The first-order chi connectivity index (χ1) is 13.7. The van der Waals surface area contributed by atoms with Gasteiger partial charge >= 0.3 is 5.97 Å². The van der Waals surface area contributed by atoms with Crippen molar-refractivity contribution in [3.05, 3.63) is 59.2 Å². The molecule has 5 aliphatic rings. The number of benzene rings is 2. The van der Waals surface area contributed by atoms with E-state index in [-0.39, 0.29) is 30.0 Å². The van der Waals surface area contributed by atoms with Crippen LogP contribution >= 0.6 is 0 Å².